The van der Waals surface area contributed by atoms with Gasteiger partial charge in [0.15, 0.2) is 0 Å². The van der Waals surface area contributed by atoms with Crippen LogP contribution in [0.5, 0.6) is 0 Å². The van der Waals surface area contributed by atoms with E-state index >= 15 is 0 Å². The van der Waals surface area contributed by atoms with Crippen molar-refractivity contribution in [3.8, 4) is 0 Å². The normalized spacial score (nSPS) is 17.9. The average molecular weight is 242 g/mol. The van der Waals surface area contributed by atoms with Gasteiger partial charge in [-0.15, -0.1) is 0 Å². The molecule has 1 saturated carbocycles. The second-order valence-electron chi connectivity index (χ2n) is 4.53. The molecule has 1 aliphatic rings. The maximum absolute atomic E-state index is 11.7. The van der Waals surface area contributed by atoms with E-state index in [1.165, 1.54) is 11.1 Å². The molecule has 1 aromatic rings. The average Bonchev–Trinajstić information content (AvgIpc) is 2.23. The Labute approximate surface area is 99.6 Å². The standard InChI is InChI=1S/C11H16ClN3O/c1-3-15-10(16)9(12)8(7-13-15)14-11(2)5-4-6-11/h7,14H,3-6H2,1-2H3. The van der Waals surface area contributed by atoms with Crippen LogP contribution in [0.25, 0.3) is 0 Å². The Balaban J connectivity index is 2.29. The van der Waals surface area contributed by atoms with Crippen LogP contribution < -0.4 is 10.9 Å². The molecule has 16 heavy (non-hydrogen) atoms. The molecule has 1 aromatic heterocycles. The van der Waals surface area contributed by atoms with Crippen molar-refractivity contribution in [2.24, 2.45) is 0 Å². The van der Waals surface area contributed by atoms with Crippen LogP contribution >= 0.6 is 11.6 Å². The molecule has 1 heterocycles. The number of nitrogens with zero attached hydrogens (tertiary/aromatic N) is 2. The van der Waals surface area contributed by atoms with E-state index in [2.05, 4.69) is 17.3 Å². The first-order chi connectivity index (χ1) is 7.56. The van der Waals surface area contributed by atoms with E-state index in [1.54, 1.807) is 6.20 Å². The number of nitrogens with one attached hydrogen (secondary N) is 1. The predicted molar refractivity (Wildman–Crippen MR) is 65.1 cm³/mol. The van der Waals surface area contributed by atoms with Crippen molar-refractivity contribution >= 4 is 17.3 Å². The predicted octanol–water partition coefficient (Wildman–Crippen LogP) is 2.27. The van der Waals surface area contributed by atoms with E-state index in [-0.39, 0.29) is 16.1 Å². The van der Waals surface area contributed by atoms with Crippen LogP contribution in [0.15, 0.2) is 11.0 Å². The van der Waals surface area contributed by atoms with Crippen molar-refractivity contribution in [2.45, 2.75) is 45.2 Å². The molecule has 4 nitrogen and oxygen atoms in total. The van der Waals surface area contributed by atoms with Gasteiger partial charge in [-0.3, -0.25) is 4.79 Å². The maximum atomic E-state index is 11.7. The van der Waals surface area contributed by atoms with Crippen molar-refractivity contribution in [1.29, 1.82) is 0 Å². The molecule has 1 N–H and O–H groups in total. The van der Waals surface area contributed by atoms with Crippen molar-refractivity contribution < 1.29 is 0 Å². The van der Waals surface area contributed by atoms with Crippen LogP contribution in [-0.2, 0) is 6.54 Å². The molecule has 1 aliphatic carbocycles. The second kappa shape index (κ2) is 4.09. The summed E-state index contributed by atoms with van der Waals surface area (Å²) in [6.07, 6.45) is 5.08. The summed E-state index contributed by atoms with van der Waals surface area (Å²) in [7, 11) is 0. The molecule has 2 rings (SSSR count). The van der Waals surface area contributed by atoms with E-state index < -0.39 is 0 Å². The molecule has 1 fully saturated rings. The fourth-order valence-electron chi connectivity index (χ4n) is 1.93. The summed E-state index contributed by atoms with van der Waals surface area (Å²) >= 11 is 6.03. The largest absolute Gasteiger partial charge is 0.377 e. The summed E-state index contributed by atoms with van der Waals surface area (Å²) in [6.45, 7) is 4.54. The lowest BCUT2D eigenvalue weighted by Gasteiger charge is -2.40. The minimum Gasteiger partial charge on any atom is -0.377 e. The van der Waals surface area contributed by atoms with Gasteiger partial charge >= 0.3 is 0 Å². The van der Waals surface area contributed by atoms with Crippen LogP contribution in [0.2, 0.25) is 5.02 Å². The smallest absolute Gasteiger partial charge is 0.287 e. The van der Waals surface area contributed by atoms with Crippen molar-refractivity contribution in [1.82, 2.24) is 9.78 Å². The number of hydrogen-bond acceptors (Lipinski definition) is 3. The molecule has 0 saturated heterocycles. The Morgan fingerprint density at radius 3 is 2.81 bits per heavy atom. The number of rotatable bonds is 3. The second-order valence-corrected chi connectivity index (χ2v) is 4.91. The quantitative estimate of drug-likeness (QED) is 0.883. The molecule has 88 valence electrons. The van der Waals surface area contributed by atoms with Gasteiger partial charge in [-0.25, -0.2) is 4.68 Å². The van der Waals surface area contributed by atoms with Gasteiger partial charge in [0.05, 0.1) is 11.9 Å². The third-order valence-corrected chi connectivity index (χ3v) is 3.54. The van der Waals surface area contributed by atoms with Gasteiger partial charge in [-0.2, -0.15) is 5.10 Å². The van der Waals surface area contributed by atoms with Gasteiger partial charge in [0.1, 0.15) is 5.02 Å². The Bertz CT molecular complexity index is 451. The first kappa shape index (κ1) is 11.5. The molecule has 5 heteroatoms. The number of anilines is 1. The zero-order chi connectivity index (χ0) is 11.8. The number of aryl methyl sites for hydroxylation is 1. The lowest BCUT2D eigenvalue weighted by Crippen LogP contribution is -2.42. The van der Waals surface area contributed by atoms with Crippen LogP contribution in [0.4, 0.5) is 5.69 Å². The zero-order valence-corrected chi connectivity index (χ0v) is 10.3. The monoisotopic (exact) mass is 241 g/mol. The molecule has 0 bridgehead atoms. The highest BCUT2D eigenvalue weighted by Gasteiger charge is 2.32. The van der Waals surface area contributed by atoms with Crippen molar-refractivity contribution in [2.75, 3.05) is 5.32 Å². The van der Waals surface area contributed by atoms with E-state index in [4.69, 9.17) is 11.6 Å². The zero-order valence-electron chi connectivity index (χ0n) is 9.59. The summed E-state index contributed by atoms with van der Waals surface area (Å²) in [6, 6.07) is 0. The minimum atomic E-state index is -0.225. The lowest BCUT2D eigenvalue weighted by molar-refractivity contribution is 0.306. The fourth-order valence-corrected chi connectivity index (χ4v) is 2.13. The highest BCUT2D eigenvalue weighted by molar-refractivity contribution is 6.32. The van der Waals surface area contributed by atoms with Crippen molar-refractivity contribution in [3.05, 3.63) is 21.6 Å². The summed E-state index contributed by atoms with van der Waals surface area (Å²) < 4.78 is 1.36. The lowest BCUT2D eigenvalue weighted by atomic mass is 9.78. The van der Waals surface area contributed by atoms with E-state index in [0.29, 0.717) is 12.2 Å². The molecule has 0 aromatic carbocycles. The molecule has 0 unspecified atom stereocenters. The van der Waals surface area contributed by atoms with E-state index in [1.807, 2.05) is 6.92 Å². The molecular weight excluding hydrogens is 226 g/mol. The van der Waals surface area contributed by atoms with Crippen LogP contribution in [0.3, 0.4) is 0 Å². The number of hydrogen-bond donors (Lipinski definition) is 1. The molecule has 0 radical (unpaired) electrons. The third-order valence-electron chi connectivity index (χ3n) is 3.18. The van der Waals surface area contributed by atoms with Gasteiger partial charge in [-0.1, -0.05) is 11.6 Å². The van der Waals surface area contributed by atoms with E-state index in [9.17, 15) is 4.79 Å². The Hall–Kier alpha value is -1.03. The molecule has 0 amide bonds. The van der Waals surface area contributed by atoms with Crippen LogP contribution in [0.1, 0.15) is 33.1 Å². The topological polar surface area (TPSA) is 46.9 Å². The summed E-state index contributed by atoms with van der Waals surface area (Å²) in [5.74, 6) is 0. The summed E-state index contributed by atoms with van der Waals surface area (Å²) in [5, 5.41) is 7.61. The minimum absolute atomic E-state index is 0.0795. The highest BCUT2D eigenvalue weighted by Crippen LogP contribution is 2.35. The summed E-state index contributed by atoms with van der Waals surface area (Å²) in [4.78, 5) is 11.7. The van der Waals surface area contributed by atoms with E-state index in [0.717, 1.165) is 12.8 Å². The SMILES string of the molecule is CCn1ncc(NC2(C)CCC2)c(Cl)c1=O. The first-order valence-electron chi connectivity index (χ1n) is 5.59. The molecular formula is C11H16ClN3O. The highest BCUT2D eigenvalue weighted by atomic mass is 35.5. The van der Waals surface area contributed by atoms with Crippen LogP contribution in [-0.4, -0.2) is 15.3 Å². The first-order valence-corrected chi connectivity index (χ1v) is 5.97. The van der Waals surface area contributed by atoms with Gasteiger partial charge in [0, 0.05) is 12.1 Å². The third kappa shape index (κ3) is 1.94. The van der Waals surface area contributed by atoms with Crippen LogP contribution in [0, 0.1) is 0 Å². The van der Waals surface area contributed by atoms with Gasteiger partial charge in [0.25, 0.3) is 5.56 Å². The Morgan fingerprint density at radius 1 is 1.62 bits per heavy atom. The Kier molecular flexibility index (Phi) is 2.93. The molecule has 0 spiro atoms. The fraction of sp³-hybridized carbons (Fsp3) is 0.636. The van der Waals surface area contributed by atoms with Gasteiger partial charge in [0.2, 0.25) is 0 Å². The molecule has 0 atom stereocenters. The molecule has 0 aliphatic heterocycles. The summed E-state index contributed by atoms with van der Waals surface area (Å²) in [5.41, 5.74) is 0.506. The number of aromatic nitrogens is 2. The van der Waals surface area contributed by atoms with Gasteiger partial charge < -0.3 is 5.32 Å². The van der Waals surface area contributed by atoms with Crippen molar-refractivity contribution in [3.63, 3.8) is 0 Å². The maximum Gasteiger partial charge on any atom is 0.287 e. The Morgan fingerprint density at radius 2 is 2.31 bits per heavy atom. The number of halogens is 1. The van der Waals surface area contributed by atoms with Gasteiger partial charge in [-0.05, 0) is 33.1 Å².